The van der Waals surface area contributed by atoms with Gasteiger partial charge in [-0.25, -0.2) is 4.39 Å². The summed E-state index contributed by atoms with van der Waals surface area (Å²) in [7, 11) is 1.85. The van der Waals surface area contributed by atoms with Crippen molar-refractivity contribution < 1.29 is 9.18 Å². The molecule has 0 atom stereocenters. The second-order valence-corrected chi connectivity index (χ2v) is 5.07. The van der Waals surface area contributed by atoms with Gasteiger partial charge in [0.1, 0.15) is 11.6 Å². The van der Waals surface area contributed by atoms with Crippen LogP contribution in [0.15, 0.2) is 48.5 Å². The fourth-order valence-electron chi connectivity index (χ4n) is 2.52. The molecule has 0 bridgehead atoms. The van der Waals surface area contributed by atoms with E-state index in [-0.39, 0.29) is 24.4 Å². The maximum Gasteiger partial charge on any atom is 0.143 e. The van der Waals surface area contributed by atoms with E-state index < -0.39 is 0 Å². The number of ketones is 1. The molecule has 2 aromatic carbocycles. The molecule has 3 nitrogen and oxygen atoms in total. The van der Waals surface area contributed by atoms with Gasteiger partial charge in [0, 0.05) is 18.9 Å². The molecule has 3 rings (SSSR count). The molecule has 0 N–H and O–H groups in total. The number of carbonyl (C=O) groups excluding carboxylic acids is 1. The monoisotopic (exact) mass is 282 g/mol. The van der Waals surface area contributed by atoms with E-state index in [9.17, 15) is 9.18 Å². The third kappa shape index (κ3) is 2.70. The first-order valence-corrected chi connectivity index (χ1v) is 6.81. The third-order valence-corrected chi connectivity index (χ3v) is 3.54. The van der Waals surface area contributed by atoms with Gasteiger partial charge in [0.05, 0.1) is 17.6 Å². The number of benzene rings is 2. The third-order valence-electron chi connectivity index (χ3n) is 3.54. The van der Waals surface area contributed by atoms with E-state index in [0.29, 0.717) is 5.56 Å². The second-order valence-electron chi connectivity index (χ2n) is 5.07. The Morgan fingerprint density at radius 2 is 1.81 bits per heavy atom. The zero-order valence-corrected chi connectivity index (χ0v) is 11.7. The van der Waals surface area contributed by atoms with Crippen molar-refractivity contribution in [3.05, 3.63) is 65.6 Å². The van der Waals surface area contributed by atoms with Gasteiger partial charge >= 0.3 is 0 Å². The van der Waals surface area contributed by atoms with E-state index in [1.165, 1.54) is 6.07 Å². The number of hydrogen-bond donors (Lipinski definition) is 0. The van der Waals surface area contributed by atoms with Crippen LogP contribution < -0.4 is 0 Å². The van der Waals surface area contributed by atoms with E-state index in [1.807, 2.05) is 31.3 Å². The first-order chi connectivity index (χ1) is 10.1. The minimum absolute atomic E-state index is 0.0380. The summed E-state index contributed by atoms with van der Waals surface area (Å²) in [4.78, 5) is 12.2. The number of Topliss-reactive ketones (excluding diaryl/α,β-unsaturated/α-hetero) is 1. The van der Waals surface area contributed by atoms with E-state index >= 15 is 0 Å². The Balaban J connectivity index is 1.82. The van der Waals surface area contributed by atoms with E-state index in [1.54, 1.807) is 22.9 Å². The first kappa shape index (κ1) is 13.5. The van der Waals surface area contributed by atoms with Crippen molar-refractivity contribution in [1.29, 1.82) is 0 Å². The molecule has 0 aliphatic heterocycles. The summed E-state index contributed by atoms with van der Waals surface area (Å²) in [6.45, 7) is 0. The molecule has 1 heterocycles. The van der Waals surface area contributed by atoms with Crippen LogP contribution in [0.4, 0.5) is 4.39 Å². The van der Waals surface area contributed by atoms with Gasteiger partial charge in [-0.2, -0.15) is 5.10 Å². The Hall–Kier alpha value is -2.49. The number of aromatic nitrogens is 2. The highest BCUT2D eigenvalue weighted by Crippen LogP contribution is 2.18. The van der Waals surface area contributed by atoms with Crippen molar-refractivity contribution in [3.63, 3.8) is 0 Å². The molecule has 1 aromatic heterocycles. The fraction of sp³-hybridized carbons (Fsp3) is 0.176. The number of nitrogens with zero attached hydrogens (tertiary/aromatic N) is 2. The molecule has 0 unspecified atom stereocenters. The van der Waals surface area contributed by atoms with Crippen molar-refractivity contribution in [2.24, 2.45) is 7.05 Å². The topological polar surface area (TPSA) is 34.9 Å². The molecular formula is C17H15FN2O. The number of hydrogen-bond acceptors (Lipinski definition) is 2. The lowest BCUT2D eigenvalue weighted by molar-refractivity contribution is -0.117. The zero-order chi connectivity index (χ0) is 14.8. The smallest absolute Gasteiger partial charge is 0.143 e. The minimum Gasteiger partial charge on any atom is -0.299 e. The number of fused-ring (bicyclic) bond motifs is 1. The largest absolute Gasteiger partial charge is 0.299 e. The average Bonchev–Trinajstić information content (AvgIpc) is 2.79. The average molecular weight is 282 g/mol. The fourth-order valence-corrected chi connectivity index (χ4v) is 2.52. The van der Waals surface area contributed by atoms with E-state index in [2.05, 4.69) is 5.10 Å². The SMILES string of the molecule is Cn1nc(CC(=O)Cc2ccccc2F)c2ccccc21. The normalized spacial score (nSPS) is 11.0. The zero-order valence-electron chi connectivity index (χ0n) is 11.7. The first-order valence-electron chi connectivity index (χ1n) is 6.81. The summed E-state index contributed by atoms with van der Waals surface area (Å²) in [5.74, 6) is -0.374. The molecule has 0 amide bonds. The lowest BCUT2D eigenvalue weighted by atomic mass is 10.0. The molecule has 0 saturated carbocycles. The van der Waals surface area contributed by atoms with Crippen LogP contribution in [0.3, 0.4) is 0 Å². The summed E-state index contributed by atoms with van der Waals surface area (Å²) < 4.78 is 15.3. The molecule has 0 radical (unpaired) electrons. The van der Waals surface area contributed by atoms with Crippen LogP contribution in [0.25, 0.3) is 10.9 Å². The highest BCUT2D eigenvalue weighted by atomic mass is 19.1. The van der Waals surface area contributed by atoms with E-state index in [4.69, 9.17) is 0 Å². The standard InChI is InChI=1S/C17H15FN2O/c1-20-17-9-5-3-7-14(17)16(19-20)11-13(21)10-12-6-2-4-8-15(12)18/h2-9H,10-11H2,1H3. The highest BCUT2D eigenvalue weighted by molar-refractivity contribution is 5.89. The Morgan fingerprint density at radius 1 is 1.10 bits per heavy atom. The molecule has 3 aromatic rings. The van der Waals surface area contributed by atoms with Crippen LogP contribution in [0, 0.1) is 5.82 Å². The molecule has 106 valence electrons. The van der Waals surface area contributed by atoms with E-state index in [0.717, 1.165) is 16.6 Å². The van der Waals surface area contributed by atoms with Gasteiger partial charge in [-0.3, -0.25) is 9.48 Å². The molecule has 0 aliphatic rings. The van der Waals surface area contributed by atoms with Crippen molar-refractivity contribution in [2.75, 3.05) is 0 Å². The lowest BCUT2D eigenvalue weighted by Gasteiger charge is -2.01. The Kier molecular flexibility index (Phi) is 3.52. The van der Waals surface area contributed by atoms with Crippen molar-refractivity contribution in [1.82, 2.24) is 9.78 Å². The number of rotatable bonds is 4. The summed E-state index contributed by atoms with van der Waals surface area (Å²) in [6.07, 6.45) is 0.313. The number of aryl methyl sites for hydroxylation is 1. The van der Waals surface area contributed by atoms with Crippen LogP contribution in [0.1, 0.15) is 11.3 Å². The molecule has 0 aliphatic carbocycles. The second kappa shape index (κ2) is 5.48. The molecule has 0 saturated heterocycles. The predicted octanol–water partition coefficient (Wildman–Crippen LogP) is 3.07. The van der Waals surface area contributed by atoms with Gasteiger partial charge in [-0.1, -0.05) is 36.4 Å². The van der Waals surface area contributed by atoms with Gasteiger partial charge in [-0.15, -0.1) is 0 Å². The van der Waals surface area contributed by atoms with Crippen molar-refractivity contribution >= 4 is 16.7 Å². The Labute approximate surface area is 122 Å². The predicted molar refractivity (Wildman–Crippen MR) is 79.5 cm³/mol. The van der Waals surface area contributed by atoms with Crippen LogP contribution in [-0.4, -0.2) is 15.6 Å². The number of carbonyl (C=O) groups is 1. The summed E-state index contributed by atoms with van der Waals surface area (Å²) in [5.41, 5.74) is 2.17. The summed E-state index contributed by atoms with van der Waals surface area (Å²) in [6, 6.07) is 14.2. The molecular weight excluding hydrogens is 267 g/mol. The van der Waals surface area contributed by atoms with Gasteiger partial charge in [0.15, 0.2) is 0 Å². The van der Waals surface area contributed by atoms with Gasteiger partial charge in [0.2, 0.25) is 0 Å². The Morgan fingerprint density at radius 3 is 2.62 bits per heavy atom. The molecule has 0 spiro atoms. The maximum absolute atomic E-state index is 13.6. The van der Waals surface area contributed by atoms with Gasteiger partial charge < -0.3 is 0 Å². The Bertz CT molecular complexity index is 807. The lowest BCUT2D eigenvalue weighted by Crippen LogP contribution is -2.08. The molecule has 0 fully saturated rings. The van der Waals surface area contributed by atoms with Crippen molar-refractivity contribution in [2.45, 2.75) is 12.8 Å². The van der Waals surface area contributed by atoms with Crippen molar-refractivity contribution in [3.8, 4) is 0 Å². The van der Waals surface area contributed by atoms with Gasteiger partial charge in [0.25, 0.3) is 0 Å². The molecule has 21 heavy (non-hydrogen) atoms. The highest BCUT2D eigenvalue weighted by Gasteiger charge is 2.13. The number of halogens is 1. The number of para-hydroxylation sites is 1. The van der Waals surface area contributed by atoms with Crippen LogP contribution in [0.2, 0.25) is 0 Å². The minimum atomic E-state index is -0.336. The summed E-state index contributed by atoms with van der Waals surface area (Å²) in [5, 5.41) is 5.37. The van der Waals surface area contributed by atoms with Gasteiger partial charge in [-0.05, 0) is 17.7 Å². The van der Waals surface area contributed by atoms with Crippen LogP contribution in [0.5, 0.6) is 0 Å². The maximum atomic E-state index is 13.6. The summed E-state index contributed by atoms with van der Waals surface area (Å²) >= 11 is 0. The molecule has 4 heteroatoms. The quantitative estimate of drug-likeness (QED) is 0.737. The van der Waals surface area contributed by atoms with Crippen LogP contribution in [-0.2, 0) is 24.7 Å². The van der Waals surface area contributed by atoms with Crippen LogP contribution >= 0.6 is 0 Å².